The summed E-state index contributed by atoms with van der Waals surface area (Å²) in [5, 5.41) is 0. The predicted octanol–water partition coefficient (Wildman–Crippen LogP) is 3.35. The van der Waals surface area contributed by atoms with Crippen LogP contribution in [0.25, 0.3) is 11.2 Å². The van der Waals surface area contributed by atoms with Crippen LogP contribution in [0.2, 0.25) is 0 Å². The van der Waals surface area contributed by atoms with Crippen molar-refractivity contribution >= 4 is 11.2 Å². The molecule has 0 radical (unpaired) electrons. The van der Waals surface area contributed by atoms with Gasteiger partial charge in [-0.25, -0.2) is 9.97 Å². The van der Waals surface area contributed by atoms with Crippen molar-refractivity contribution in [3.8, 4) is 0 Å². The van der Waals surface area contributed by atoms with Gasteiger partial charge in [-0.05, 0) is 58.2 Å². The Morgan fingerprint density at radius 3 is 2.76 bits per heavy atom. The lowest BCUT2D eigenvalue weighted by Crippen LogP contribution is -2.28. The summed E-state index contributed by atoms with van der Waals surface area (Å²) < 4.78 is 2.47. The zero-order valence-electron chi connectivity index (χ0n) is 13.0. The minimum absolute atomic E-state index is 0.571. The van der Waals surface area contributed by atoms with Crippen LogP contribution in [0.3, 0.4) is 0 Å². The number of pyridine rings is 1. The number of imidazole rings is 1. The Labute approximate surface area is 126 Å². The highest BCUT2D eigenvalue weighted by Crippen LogP contribution is 2.38. The molecular weight excluding hydrogens is 260 g/mol. The molecular formula is C17H24N4. The van der Waals surface area contributed by atoms with Gasteiger partial charge in [-0.1, -0.05) is 0 Å². The molecule has 0 N–H and O–H groups in total. The maximum atomic E-state index is 4.97. The van der Waals surface area contributed by atoms with Crippen molar-refractivity contribution in [1.82, 2.24) is 19.4 Å². The number of rotatable bonds is 3. The second-order valence-corrected chi connectivity index (χ2v) is 6.85. The van der Waals surface area contributed by atoms with Crippen molar-refractivity contribution < 1.29 is 0 Å². The highest BCUT2D eigenvalue weighted by atomic mass is 15.2. The van der Waals surface area contributed by atoms with Crippen LogP contribution in [0.5, 0.6) is 0 Å². The third-order valence-electron chi connectivity index (χ3n) is 5.23. The van der Waals surface area contributed by atoms with E-state index in [1.165, 1.54) is 38.1 Å². The van der Waals surface area contributed by atoms with Gasteiger partial charge in [0.1, 0.15) is 11.3 Å². The molecule has 3 heterocycles. The number of nitrogens with zero attached hydrogens (tertiary/aromatic N) is 4. The molecule has 1 saturated heterocycles. The fraction of sp³-hybridized carbons (Fsp3) is 0.647. The molecule has 1 aliphatic carbocycles. The van der Waals surface area contributed by atoms with Crippen LogP contribution in [-0.2, 0) is 0 Å². The van der Waals surface area contributed by atoms with Gasteiger partial charge in [0, 0.05) is 30.7 Å². The van der Waals surface area contributed by atoms with Gasteiger partial charge >= 0.3 is 0 Å². The van der Waals surface area contributed by atoms with E-state index in [2.05, 4.69) is 34.4 Å². The Kier molecular flexibility index (Phi) is 3.21. The molecule has 2 aromatic rings. The summed E-state index contributed by atoms with van der Waals surface area (Å²) in [5.41, 5.74) is 2.17. The van der Waals surface area contributed by atoms with Gasteiger partial charge < -0.3 is 9.47 Å². The average Bonchev–Trinajstić information content (AvgIpc) is 3.02. The zero-order chi connectivity index (χ0) is 14.4. The van der Waals surface area contributed by atoms with Crippen LogP contribution >= 0.6 is 0 Å². The molecule has 0 bridgehead atoms. The molecule has 1 saturated carbocycles. The van der Waals surface area contributed by atoms with E-state index >= 15 is 0 Å². The summed E-state index contributed by atoms with van der Waals surface area (Å²) in [5.74, 6) is 1.86. The minimum atomic E-state index is 0.571. The van der Waals surface area contributed by atoms with Crippen molar-refractivity contribution in [3.05, 3.63) is 24.2 Å². The monoisotopic (exact) mass is 284 g/mol. The number of fused-ring (bicyclic) bond motifs is 1. The van der Waals surface area contributed by atoms with Gasteiger partial charge in [0.2, 0.25) is 0 Å². The Hall–Kier alpha value is -1.42. The lowest BCUT2D eigenvalue weighted by atomic mass is 9.92. The van der Waals surface area contributed by atoms with Crippen molar-refractivity contribution in [2.45, 2.75) is 57.5 Å². The Morgan fingerprint density at radius 2 is 2.10 bits per heavy atom. The maximum Gasteiger partial charge on any atom is 0.160 e. The van der Waals surface area contributed by atoms with Crippen LogP contribution in [0.4, 0.5) is 0 Å². The van der Waals surface area contributed by atoms with Crippen LogP contribution < -0.4 is 0 Å². The number of aromatic nitrogens is 3. The quantitative estimate of drug-likeness (QED) is 0.866. The van der Waals surface area contributed by atoms with Crippen molar-refractivity contribution in [2.24, 2.45) is 0 Å². The van der Waals surface area contributed by atoms with Gasteiger partial charge in [-0.15, -0.1) is 0 Å². The highest BCUT2D eigenvalue weighted by molar-refractivity contribution is 5.71. The standard InChI is InChI=1S/C17H24N4/c1-12(2)20-10-8-13(11-20)16-19-15-7-4-9-18-17(15)21(16)14-5-3-6-14/h4,7,9,12-14H,3,5-6,8,10-11H2,1-2H3. The van der Waals surface area contributed by atoms with Gasteiger partial charge in [0.05, 0.1) is 0 Å². The molecule has 1 aliphatic heterocycles. The molecule has 4 rings (SSSR count). The molecule has 4 nitrogen and oxygen atoms in total. The van der Waals surface area contributed by atoms with Crippen molar-refractivity contribution in [3.63, 3.8) is 0 Å². The number of hydrogen-bond acceptors (Lipinski definition) is 3. The summed E-state index contributed by atoms with van der Waals surface area (Å²) in [6.45, 7) is 6.93. The zero-order valence-corrected chi connectivity index (χ0v) is 13.0. The first-order valence-electron chi connectivity index (χ1n) is 8.31. The SMILES string of the molecule is CC(C)N1CCC(c2nc3cccnc3n2C2CCC2)C1. The van der Waals surface area contributed by atoms with Crippen LogP contribution in [0.1, 0.15) is 57.3 Å². The average molecular weight is 284 g/mol. The van der Waals surface area contributed by atoms with Gasteiger partial charge in [-0.2, -0.15) is 0 Å². The van der Waals surface area contributed by atoms with E-state index in [0.717, 1.165) is 17.7 Å². The third kappa shape index (κ3) is 2.16. The second-order valence-electron chi connectivity index (χ2n) is 6.85. The highest BCUT2D eigenvalue weighted by Gasteiger charge is 2.33. The first-order chi connectivity index (χ1) is 10.2. The normalized spacial score (nSPS) is 24.0. The Bertz CT molecular complexity index is 641. The molecule has 4 heteroatoms. The molecule has 0 aromatic carbocycles. The molecule has 1 unspecified atom stereocenters. The Balaban J connectivity index is 1.74. The predicted molar refractivity (Wildman–Crippen MR) is 84.5 cm³/mol. The minimum Gasteiger partial charge on any atom is -0.309 e. The van der Waals surface area contributed by atoms with E-state index in [-0.39, 0.29) is 0 Å². The first kappa shape index (κ1) is 13.3. The smallest absolute Gasteiger partial charge is 0.160 e. The molecule has 0 spiro atoms. The fourth-order valence-corrected chi connectivity index (χ4v) is 3.71. The molecule has 0 amide bonds. The summed E-state index contributed by atoms with van der Waals surface area (Å²) >= 11 is 0. The van der Waals surface area contributed by atoms with Gasteiger partial charge in [-0.3, -0.25) is 0 Å². The van der Waals surface area contributed by atoms with E-state index in [1.807, 2.05) is 12.3 Å². The summed E-state index contributed by atoms with van der Waals surface area (Å²) in [7, 11) is 0. The van der Waals surface area contributed by atoms with E-state index in [1.54, 1.807) is 0 Å². The summed E-state index contributed by atoms with van der Waals surface area (Å²) in [6.07, 6.45) is 7.05. The third-order valence-corrected chi connectivity index (χ3v) is 5.23. The maximum absolute atomic E-state index is 4.97. The molecule has 21 heavy (non-hydrogen) atoms. The van der Waals surface area contributed by atoms with Crippen LogP contribution in [0, 0.1) is 0 Å². The molecule has 2 aliphatic rings. The Morgan fingerprint density at radius 1 is 1.24 bits per heavy atom. The lowest BCUT2D eigenvalue weighted by molar-refractivity contribution is 0.267. The van der Waals surface area contributed by atoms with Gasteiger partial charge in [0.15, 0.2) is 5.65 Å². The topological polar surface area (TPSA) is 34.0 Å². The largest absolute Gasteiger partial charge is 0.309 e. The molecule has 2 fully saturated rings. The number of likely N-dealkylation sites (tertiary alicyclic amines) is 1. The molecule has 1 atom stereocenters. The van der Waals surface area contributed by atoms with Crippen LogP contribution in [0.15, 0.2) is 18.3 Å². The van der Waals surface area contributed by atoms with Crippen LogP contribution in [-0.4, -0.2) is 38.6 Å². The molecule has 2 aromatic heterocycles. The molecule has 112 valence electrons. The van der Waals surface area contributed by atoms with E-state index in [9.17, 15) is 0 Å². The first-order valence-corrected chi connectivity index (χ1v) is 8.31. The number of hydrogen-bond donors (Lipinski definition) is 0. The lowest BCUT2D eigenvalue weighted by Gasteiger charge is -2.30. The van der Waals surface area contributed by atoms with E-state index in [4.69, 9.17) is 4.98 Å². The van der Waals surface area contributed by atoms with E-state index < -0.39 is 0 Å². The second kappa shape index (κ2) is 5.09. The van der Waals surface area contributed by atoms with E-state index in [0.29, 0.717) is 18.0 Å². The van der Waals surface area contributed by atoms with Crippen molar-refractivity contribution in [2.75, 3.05) is 13.1 Å². The van der Waals surface area contributed by atoms with Gasteiger partial charge in [0.25, 0.3) is 0 Å². The summed E-state index contributed by atoms with van der Waals surface area (Å²) in [6, 6.07) is 5.37. The van der Waals surface area contributed by atoms with Crippen molar-refractivity contribution in [1.29, 1.82) is 0 Å². The summed E-state index contributed by atoms with van der Waals surface area (Å²) in [4.78, 5) is 12.2. The fourth-order valence-electron chi connectivity index (χ4n) is 3.71.